The number of halogens is 1. The number of carbonyl (C=O) groups excluding carboxylic acids is 1. The zero-order chi connectivity index (χ0) is 12.8. The molecule has 1 amide bonds. The van der Waals surface area contributed by atoms with Crippen molar-refractivity contribution in [2.24, 2.45) is 0 Å². The number of nitrogens with two attached hydrogens (primary N) is 1. The zero-order valence-electron chi connectivity index (χ0n) is 9.96. The van der Waals surface area contributed by atoms with Gasteiger partial charge in [-0.1, -0.05) is 0 Å². The molecule has 4 N–H and O–H groups in total. The van der Waals surface area contributed by atoms with Crippen molar-refractivity contribution >= 4 is 33.3 Å². The smallest absolute Gasteiger partial charge is 0.221 e. The number of nitrogen functional groups attached to an aromatic ring is 1. The van der Waals surface area contributed by atoms with E-state index in [2.05, 4.69) is 31.5 Å². The van der Waals surface area contributed by atoms with Gasteiger partial charge in [0.15, 0.2) is 0 Å². The second-order valence-electron chi connectivity index (χ2n) is 4.00. The summed E-state index contributed by atoms with van der Waals surface area (Å²) in [4.78, 5) is 15.5. The third-order valence-electron chi connectivity index (χ3n) is 1.96. The van der Waals surface area contributed by atoms with Crippen molar-refractivity contribution in [1.29, 1.82) is 0 Å². The first kappa shape index (κ1) is 13.8. The minimum absolute atomic E-state index is 0.0269. The molecule has 0 saturated carbocycles. The number of anilines is 2. The summed E-state index contributed by atoms with van der Waals surface area (Å²) >= 11 is 3.35. The van der Waals surface area contributed by atoms with Gasteiger partial charge in [-0.2, -0.15) is 0 Å². The summed E-state index contributed by atoms with van der Waals surface area (Å²) in [6, 6.07) is 1.94. The highest BCUT2D eigenvalue weighted by Crippen LogP contribution is 2.21. The fraction of sp³-hybridized carbons (Fsp3) is 0.455. The average molecular weight is 301 g/mol. The van der Waals surface area contributed by atoms with Crippen molar-refractivity contribution in [3.8, 4) is 0 Å². The molecule has 94 valence electrons. The molecular weight excluding hydrogens is 284 g/mol. The highest BCUT2D eigenvalue weighted by Gasteiger charge is 2.05. The van der Waals surface area contributed by atoms with Gasteiger partial charge in [-0.15, -0.1) is 0 Å². The highest BCUT2D eigenvalue weighted by molar-refractivity contribution is 9.10. The quantitative estimate of drug-likeness (QED) is 0.774. The van der Waals surface area contributed by atoms with Crippen LogP contribution in [-0.4, -0.2) is 23.5 Å². The van der Waals surface area contributed by atoms with Crippen LogP contribution in [0.4, 0.5) is 11.5 Å². The number of amides is 1. The van der Waals surface area contributed by atoms with Crippen molar-refractivity contribution in [1.82, 2.24) is 10.3 Å². The third kappa shape index (κ3) is 5.04. The lowest BCUT2D eigenvalue weighted by Crippen LogP contribution is -2.31. The largest absolute Gasteiger partial charge is 0.397 e. The van der Waals surface area contributed by atoms with Crippen molar-refractivity contribution in [3.63, 3.8) is 0 Å². The van der Waals surface area contributed by atoms with Crippen LogP contribution in [0.25, 0.3) is 0 Å². The summed E-state index contributed by atoms with van der Waals surface area (Å²) in [5, 5.41) is 5.89. The van der Waals surface area contributed by atoms with E-state index in [4.69, 9.17) is 5.73 Å². The van der Waals surface area contributed by atoms with Crippen LogP contribution in [0, 0.1) is 0 Å². The first-order valence-corrected chi connectivity index (χ1v) is 6.22. The van der Waals surface area contributed by atoms with E-state index < -0.39 is 0 Å². The van der Waals surface area contributed by atoms with Crippen LogP contribution >= 0.6 is 15.9 Å². The zero-order valence-corrected chi connectivity index (χ0v) is 11.5. The molecule has 1 rings (SSSR count). The number of nitrogens with one attached hydrogen (secondary N) is 2. The van der Waals surface area contributed by atoms with E-state index in [1.165, 1.54) is 0 Å². The lowest BCUT2D eigenvalue weighted by Gasteiger charge is -2.10. The van der Waals surface area contributed by atoms with Crippen LogP contribution in [0.2, 0.25) is 0 Å². The minimum atomic E-state index is 0.0269. The number of rotatable bonds is 5. The van der Waals surface area contributed by atoms with Crippen LogP contribution in [0.3, 0.4) is 0 Å². The Morgan fingerprint density at radius 3 is 2.88 bits per heavy atom. The standard InChI is InChI=1S/C11H17BrN4O/c1-7(2)16-10(17)3-4-14-11-9(12)5-8(13)6-15-11/h5-7H,3-4,13H2,1-2H3,(H,14,15)(H,16,17). The minimum Gasteiger partial charge on any atom is -0.397 e. The Balaban J connectivity index is 2.38. The number of hydrogen-bond donors (Lipinski definition) is 3. The fourth-order valence-electron chi connectivity index (χ4n) is 1.27. The topological polar surface area (TPSA) is 80.0 Å². The van der Waals surface area contributed by atoms with E-state index in [0.29, 0.717) is 24.5 Å². The second kappa shape index (κ2) is 6.44. The SMILES string of the molecule is CC(C)NC(=O)CCNc1ncc(N)cc1Br. The number of pyridine rings is 1. The van der Waals surface area contributed by atoms with Crippen molar-refractivity contribution in [2.45, 2.75) is 26.3 Å². The molecule has 0 atom stereocenters. The molecule has 17 heavy (non-hydrogen) atoms. The van der Waals surface area contributed by atoms with Gasteiger partial charge >= 0.3 is 0 Å². The van der Waals surface area contributed by atoms with E-state index in [1.54, 1.807) is 12.3 Å². The molecule has 5 nitrogen and oxygen atoms in total. The molecule has 0 unspecified atom stereocenters. The molecule has 0 saturated heterocycles. The monoisotopic (exact) mass is 300 g/mol. The van der Waals surface area contributed by atoms with Gasteiger partial charge in [0, 0.05) is 19.0 Å². The summed E-state index contributed by atoms with van der Waals surface area (Å²) in [6.07, 6.45) is 1.98. The van der Waals surface area contributed by atoms with Crippen molar-refractivity contribution in [2.75, 3.05) is 17.6 Å². The first-order valence-electron chi connectivity index (χ1n) is 5.43. The average Bonchev–Trinajstić information content (AvgIpc) is 2.20. The maximum atomic E-state index is 11.4. The van der Waals surface area contributed by atoms with Gasteiger partial charge in [0.2, 0.25) is 5.91 Å². The summed E-state index contributed by atoms with van der Waals surface area (Å²) < 4.78 is 0.793. The molecule has 0 bridgehead atoms. The van der Waals surface area contributed by atoms with Gasteiger partial charge in [-0.25, -0.2) is 4.98 Å². The van der Waals surface area contributed by atoms with E-state index in [-0.39, 0.29) is 11.9 Å². The first-order chi connectivity index (χ1) is 7.99. The number of hydrogen-bond acceptors (Lipinski definition) is 4. The number of aromatic nitrogens is 1. The molecular formula is C11H17BrN4O. The Labute approximate surface area is 109 Å². The van der Waals surface area contributed by atoms with Gasteiger partial charge in [-0.05, 0) is 35.8 Å². The summed E-state index contributed by atoms with van der Waals surface area (Å²) in [5.41, 5.74) is 6.17. The van der Waals surface area contributed by atoms with Gasteiger partial charge in [0.1, 0.15) is 5.82 Å². The maximum Gasteiger partial charge on any atom is 0.221 e. The van der Waals surface area contributed by atoms with Gasteiger partial charge in [0.05, 0.1) is 16.4 Å². The Morgan fingerprint density at radius 1 is 1.59 bits per heavy atom. The maximum absolute atomic E-state index is 11.4. The molecule has 1 heterocycles. The lowest BCUT2D eigenvalue weighted by atomic mass is 10.3. The lowest BCUT2D eigenvalue weighted by molar-refractivity contribution is -0.121. The summed E-state index contributed by atoms with van der Waals surface area (Å²) in [5.74, 6) is 0.718. The number of nitrogens with zero attached hydrogens (tertiary/aromatic N) is 1. The predicted molar refractivity (Wildman–Crippen MR) is 72.7 cm³/mol. The van der Waals surface area contributed by atoms with Crippen LogP contribution in [0.5, 0.6) is 0 Å². The fourth-order valence-corrected chi connectivity index (χ4v) is 1.78. The molecule has 0 radical (unpaired) electrons. The van der Waals surface area contributed by atoms with Crippen LogP contribution in [0.15, 0.2) is 16.7 Å². The predicted octanol–water partition coefficient (Wildman–Crippen LogP) is 1.75. The Morgan fingerprint density at radius 2 is 2.29 bits per heavy atom. The van der Waals surface area contributed by atoms with Crippen molar-refractivity contribution < 1.29 is 4.79 Å². The summed E-state index contributed by atoms with van der Waals surface area (Å²) in [7, 11) is 0. The Kier molecular flexibility index (Phi) is 5.21. The van der Waals surface area contributed by atoms with E-state index in [1.807, 2.05) is 13.8 Å². The van der Waals surface area contributed by atoms with Crippen LogP contribution in [-0.2, 0) is 4.79 Å². The molecule has 0 spiro atoms. The summed E-state index contributed by atoms with van der Waals surface area (Å²) in [6.45, 7) is 4.40. The molecule has 0 fully saturated rings. The third-order valence-corrected chi connectivity index (χ3v) is 2.56. The number of carbonyl (C=O) groups is 1. The molecule has 6 heteroatoms. The van der Waals surface area contributed by atoms with Gasteiger partial charge < -0.3 is 16.4 Å². The van der Waals surface area contributed by atoms with E-state index in [9.17, 15) is 4.79 Å². The van der Waals surface area contributed by atoms with E-state index in [0.717, 1.165) is 4.47 Å². The van der Waals surface area contributed by atoms with E-state index >= 15 is 0 Å². The molecule has 1 aromatic rings. The Hall–Kier alpha value is -1.30. The van der Waals surface area contributed by atoms with Gasteiger partial charge in [-0.3, -0.25) is 4.79 Å². The Bertz CT molecular complexity index is 395. The highest BCUT2D eigenvalue weighted by atomic mass is 79.9. The van der Waals surface area contributed by atoms with Gasteiger partial charge in [0.25, 0.3) is 0 Å². The van der Waals surface area contributed by atoms with Crippen LogP contribution < -0.4 is 16.4 Å². The molecule has 1 aromatic heterocycles. The molecule has 0 aliphatic heterocycles. The second-order valence-corrected chi connectivity index (χ2v) is 4.85. The van der Waals surface area contributed by atoms with Crippen molar-refractivity contribution in [3.05, 3.63) is 16.7 Å². The normalized spacial score (nSPS) is 10.4. The van der Waals surface area contributed by atoms with Crippen LogP contribution in [0.1, 0.15) is 20.3 Å². The molecule has 0 aliphatic rings. The molecule has 0 aliphatic carbocycles. The molecule has 0 aromatic carbocycles.